The summed E-state index contributed by atoms with van der Waals surface area (Å²) < 4.78 is 27.2. The zero-order valence-electron chi connectivity index (χ0n) is 12.5. The lowest BCUT2D eigenvalue weighted by Gasteiger charge is -2.22. The molecule has 0 aliphatic heterocycles. The Morgan fingerprint density at radius 3 is 2.60 bits per heavy atom. The summed E-state index contributed by atoms with van der Waals surface area (Å²) in [4.78, 5) is 0.452. The molecule has 0 saturated heterocycles. The SMILES string of the molecule is CCN(CC1CC1)S(=O)(=O)c1cc(CNC)ccc1C. The summed E-state index contributed by atoms with van der Waals surface area (Å²) in [6.07, 6.45) is 2.32. The molecule has 0 radical (unpaired) electrons. The van der Waals surface area contributed by atoms with Crippen LogP contribution in [0.1, 0.15) is 30.9 Å². The number of nitrogens with zero attached hydrogens (tertiary/aromatic N) is 1. The van der Waals surface area contributed by atoms with Crippen LogP contribution in [0.3, 0.4) is 0 Å². The van der Waals surface area contributed by atoms with Crippen LogP contribution in [0.25, 0.3) is 0 Å². The van der Waals surface area contributed by atoms with E-state index in [1.54, 1.807) is 10.4 Å². The number of hydrogen-bond acceptors (Lipinski definition) is 3. The summed E-state index contributed by atoms with van der Waals surface area (Å²) in [5.41, 5.74) is 1.82. The van der Waals surface area contributed by atoms with Gasteiger partial charge < -0.3 is 5.32 Å². The first-order valence-corrected chi connectivity index (χ1v) is 8.67. The number of aryl methyl sites for hydroxylation is 1. The fraction of sp³-hybridized carbons (Fsp3) is 0.600. The van der Waals surface area contributed by atoms with E-state index in [0.717, 1.165) is 24.0 Å². The van der Waals surface area contributed by atoms with Gasteiger partial charge in [0.1, 0.15) is 0 Å². The van der Waals surface area contributed by atoms with Crippen molar-refractivity contribution in [2.45, 2.75) is 38.1 Å². The van der Waals surface area contributed by atoms with E-state index in [4.69, 9.17) is 0 Å². The summed E-state index contributed by atoms with van der Waals surface area (Å²) in [5, 5.41) is 3.06. The minimum absolute atomic E-state index is 0.452. The average Bonchev–Trinajstić information content (AvgIpc) is 3.22. The van der Waals surface area contributed by atoms with Gasteiger partial charge in [-0.05, 0) is 49.9 Å². The first kappa shape index (κ1) is 15.5. The van der Waals surface area contributed by atoms with Gasteiger partial charge in [-0.2, -0.15) is 4.31 Å². The Balaban J connectivity index is 2.33. The molecule has 20 heavy (non-hydrogen) atoms. The molecule has 0 aromatic heterocycles. The van der Waals surface area contributed by atoms with Gasteiger partial charge in [-0.25, -0.2) is 8.42 Å². The molecule has 1 aliphatic carbocycles. The minimum atomic E-state index is -3.37. The summed E-state index contributed by atoms with van der Waals surface area (Å²) in [6, 6.07) is 5.67. The Labute approximate surface area is 122 Å². The molecule has 0 spiro atoms. The molecular formula is C15H24N2O2S. The van der Waals surface area contributed by atoms with E-state index < -0.39 is 10.0 Å². The predicted octanol–water partition coefficient (Wildman–Crippen LogP) is 2.14. The van der Waals surface area contributed by atoms with Gasteiger partial charge in [0.15, 0.2) is 0 Å². The number of nitrogens with one attached hydrogen (secondary N) is 1. The van der Waals surface area contributed by atoms with E-state index >= 15 is 0 Å². The smallest absolute Gasteiger partial charge is 0.243 e. The Morgan fingerprint density at radius 2 is 2.05 bits per heavy atom. The highest BCUT2D eigenvalue weighted by molar-refractivity contribution is 7.89. The van der Waals surface area contributed by atoms with Crippen molar-refractivity contribution in [1.82, 2.24) is 9.62 Å². The second-order valence-electron chi connectivity index (χ2n) is 5.53. The van der Waals surface area contributed by atoms with Crippen LogP contribution in [0.5, 0.6) is 0 Å². The lowest BCUT2D eigenvalue weighted by atomic mass is 10.1. The third kappa shape index (κ3) is 3.40. The summed E-state index contributed by atoms with van der Waals surface area (Å²) in [7, 11) is -1.51. The molecule has 2 rings (SSSR count). The summed E-state index contributed by atoms with van der Waals surface area (Å²) >= 11 is 0. The molecular weight excluding hydrogens is 272 g/mol. The average molecular weight is 296 g/mol. The molecule has 112 valence electrons. The van der Waals surface area contributed by atoms with Gasteiger partial charge in [0, 0.05) is 19.6 Å². The third-order valence-corrected chi connectivity index (χ3v) is 5.85. The quantitative estimate of drug-likeness (QED) is 0.838. The van der Waals surface area contributed by atoms with Crippen molar-refractivity contribution in [3.05, 3.63) is 29.3 Å². The van der Waals surface area contributed by atoms with Crippen molar-refractivity contribution >= 4 is 10.0 Å². The zero-order chi connectivity index (χ0) is 14.8. The molecule has 0 unspecified atom stereocenters. The molecule has 0 bridgehead atoms. The maximum Gasteiger partial charge on any atom is 0.243 e. The molecule has 4 nitrogen and oxygen atoms in total. The van der Waals surface area contributed by atoms with E-state index in [0.29, 0.717) is 30.4 Å². The summed E-state index contributed by atoms with van der Waals surface area (Å²) in [5.74, 6) is 0.561. The zero-order valence-corrected chi connectivity index (χ0v) is 13.3. The van der Waals surface area contributed by atoms with Gasteiger partial charge in [-0.15, -0.1) is 0 Å². The van der Waals surface area contributed by atoms with Crippen molar-refractivity contribution in [2.75, 3.05) is 20.1 Å². The van der Waals surface area contributed by atoms with Crippen LogP contribution in [0, 0.1) is 12.8 Å². The summed E-state index contributed by atoms with van der Waals surface area (Å²) in [6.45, 7) is 5.65. The fourth-order valence-corrected chi connectivity index (χ4v) is 4.16. The first-order valence-electron chi connectivity index (χ1n) is 7.23. The number of rotatable bonds is 7. The molecule has 1 aromatic carbocycles. The molecule has 1 aliphatic rings. The van der Waals surface area contributed by atoms with E-state index in [9.17, 15) is 8.42 Å². The first-order chi connectivity index (χ1) is 9.48. The molecule has 5 heteroatoms. The Hall–Kier alpha value is -0.910. The number of hydrogen-bond donors (Lipinski definition) is 1. The van der Waals surface area contributed by atoms with Crippen molar-refractivity contribution < 1.29 is 8.42 Å². The molecule has 0 heterocycles. The predicted molar refractivity (Wildman–Crippen MR) is 81.1 cm³/mol. The highest BCUT2D eigenvalue weighted by Crippen LogP contribution is 2.32. The number of sulfonamides is 1. The van der Waals surface area contributed by atoms with Gasteiger partial charge >= 0.3 is 0 Å². The van der Waals surface area contributed by atoms with Gasteiger partial charge in [0.05, 0.1) is 4.90 Å². The molecule has 0 atom stereocenters. The van der Waals surface area contributed by atoms with E-state index in [-0.39, 0.29) is 0 Å². The minimum Gasteiger partial charge on any atom is -0.316 e. The van der Waals surface area contributed by atoms with Crippen molar-refractivity contribution in [3.63, 3.8) is 0 Å². The molecule has 1 aromatic rings. The maximum absolute atomic E-state index is 12.8. The Morgan fingerprint density at radius 1 is 1.35 bits per heavy atom. The highest BCUT2D eigenvalue weighted by atomic mass is 32.2. The van der Waals surface area contributed by atoms with Crippen molar-refractivity contribution in [3.8, 4) is 0 Å². The molecule has 1 N–H and O–H groups in total. The normalized spacial score (nSPS) is 15.8. The van der Waals surface area contributed by atoms with Gasteiger partial charge in [0.2, 0.25) is 10.0 Å². The molecule has 1 saturated carbocycles. The van der Waals surface area contributed by atoms with E-state index in [1.165, 1.54) is 0 Å². The number of benzene rings is 1. The van der Waals surface area contributed by atoms with Crippen molar-refractivity contribution in [1.29, 1.82) is 0 Å². The lowest BCUT2D eigenvalue weighted by molar-refractivity contribution is 0.411. The molecule has 1 fully saturated rings. The van der Waals surface area contributed by atoms with E-state index in [1.807, 2.05) is 33.0 Å². The van der Waals surface area contributed by atoms with Gasteiger partial charge in [-0.3, -0.25) is 0 Å². The third-order valence-electron chi connectivity index (χ3n) is 3.76. The topological polar surface area (TPSA) is 49.4 Å². The van der Waals surface area contributed by atoms with Gasteiger partial charge in [0.25, 0.3) is 0 Å². The standard InChI is InChI=1S/C15H24N2O2S/c1-4-17(11-13-7-8-13)20(18,19)15-9-14(10-16-3)6-5-12(15)2/h5-6,9,13,16H,4,7-8,10-11H2,1-3H3. The molecule has 0 amide bonds. The fourth-order valence-electron chi connectivity index (χ4n) is 2.36. The second kappa shape index (κ2) is 6.24. The van der Waals surface area contributed by atoms with Gasteiger partial charge in [-0.1, -0.05) is 19.1 Å². The monoisotopic (exact) mass is 296 g/mol. The van der Waals surface area contributed by atoms with Crippen LogP contribution in [-0.4, -0.2) is 32.9 Å². The van der Waals surface area contributed by atoms with Crippen LogP contribution in [0.4, 0.5) is 0 Å². The van der Waals surface area contributed by atoms with Crippen LogP contribution in [-0.2, 0) is 16.6 Å². The maximum atomic E-state index is 12.8. The second-order valence-corrected chi connectivity index (χ2v) is 7.44. The lowest BCUT2D eigenvalue weighted by Crippen LogP contribution is -2.33. The van der Waals surface area contributed by atoms with Crippen LogP contribution < -0.4 is 5.32 Å². The van der Waals surface area contributed by atoms with Crippen LogP contribution in [0.15, 0.2) is 23.1 Å². The van der Waals surface area contributed by atoms with Crippen molar-refractivity contribution in [2.24, 2.45) is 5.92 Å². The van der Waals surface area contributed by atoms with Crippen LogP contribution in [0.2, 0.25) is 0 Å². The highest BCUT2D eigenvalue weighted by Gasteiger charge is 2.31. The Kier molecular flexibility index (Phi) is 4.83. The van der Waals surface area contributed by atoms with Crippen LogP contribution >= 0.6 is 0 Å². The van der Waals surface area contributed by atoms with E-state index in [2.05, 4.69) is 5.32 Å². The largest absolute Gasteiger partial charge is 0.316 e. The Bertz CT molecular complexity index is 565.